The zero-order chi connectivity index (χ0) is 24.9. The first-order chi connectivity index (χ1) is 16.2. The molecule has 1 aliphatic rings. The molecule has 0 atom stereocenters. The Balaban J connectivity index is 2.23. The van der Waals surface area contributed by atoms with Gasteiger partial charge < -0.3 is 14.8 Å². The summed E-state index contributed by atoms with van der Waals surface area (Å²) in [5.41, 5.74) is 7.69. The normalized spacial score (nSPS) is 14.5. The number of hydrazone groups is 1. The fourth-order valence-corrected chi connectivity index (χ4v) is 7.55. The van der Waals surface area contributed by atoms with Crippen LogP contribution < -0.4 is 5.73 Å². The Bertz CT molecular complexity index is 1040. The molecule has 2 aromatic carbocycles. The minimum atomic E-state index is -3.27. The fraction of sp³-hybridized carbons (Fsp3) is 0.360. The summed E-state index contributed by atoms with van der Waals surface area (Å²) in [6.07, 6.45) is 0. The number of hydrogen-bond donors (Lipinski definition) is 1. The fourth-order valence-electron chi connectivity index (χ4n) is 4.06. The summed E-state index contributed by atoms with van der Waals surface area (Å²) in [5, 5.41) is 5.10. The van der Waals surface area contributed by atoms with Gasteiger partial charge in [0.1, 0.15) is 5.29 Å². The molecule has 0 saturated carbocycles. The van der Waals surface area contributed by atoms with Crippen LogP contribution in [0.1, 0.15) is 45.7 Å². The highest BCUT2D eigenvalue weighted by Gasteiger charge is 2.45. The molecule has 0 unspecified atom stereocenters. The van der Waals surface area contributed by atoms with Crippen molar-refractivity contribution in [2.24, 2.45) is 10.8 Å². The third kappa shape index (κ3) is 5.47. The average Bonchev–Trinajstić information content (AvgIpc) is 3.11. The number of nitrogens with two attached hydrogens (primary N) is 1. The van der Waals surface area contributed by atoms with E-state index in [9.17, 15) is 9.59 Å². The van der Waals surface area contributed by atoms with Gasteiger partial charge in [0, 0.05) is 12.1 Å². The molecule has 0 bridgehead atoms. The predicted molar refractivity (Wildman–Crippen MR) is 136 cm³/mol. The molecule has 0 fully saturated rings. The molecule has 0 saturated heterocycles. The van der Waals surface area contributed by atoms with Crippen LogP contribution in [-0.4, -0.2) is 44.7 Å². The molecule has 182 valence electrons. The predicted octanol–water partition coefficient (Wildman–Crippen LogP) is 4.77. The van der Waals surface area contributed by atoms with Crippen LogP contribution in [0.4, 0.5) is 4.79 Å². The average molecular weight is 485 g/mol. The minimum absolute atomic E-state index is 0.0318. The summed E-state index contributed by atoms with van der Waals surface area (Å²) in [6.45, 7) is 10.3. The summed E-state index contributed by atoms with van der Waals surface area (Å²) < 4.78 is 15.4. The van der Waals surface area contributed by atoms with Crippen LogP contribution in [0, 0.1) is 0 Å². The lowest BCUT2D eigenvalue weighted by Crippen LogP contribution is -2.42. The summed E-state index contributed by atoms with van der Waals surface area (Å²) >= 11 is 0. The summed E-state index contributed by atoms with van der Waals surface area (Å²) in [5.74, 6) is -0.606. The summed E-state index contributed by atoms with van der Waals surface area (Å²) in [7, 11) is -3.27. The third-order valence-corrected chi connectivity index (χ3v) is 8.91. The third-order valence-electron chi connectivity index (χ3n) is 5.34. The van der Waals surface area contributed by atoms with E-state index in [4.69, 9.17) is 14.8 Å². The minimum Gasteiger partial charge on any atom is -0.350 e. The number of amides is 3. The Morgan fingerprint density at radius 3 is 1.74 bits per heavy atom. The Hall–Kier alpha value is -2.77. The van der Waals surface area contributed by atoms with Gasteiger partial charge in [-0.05, 0) is 45.7 Å². The van der Waals surface area contributed by atoms with E-state index < -0.39 is 19.4 Å². The zero-order valence-corrected chi connectivity index (χ0v) is 21.2. The Kier molecular flexibility index (Phi) is 8.44. The molecule has 0 aliphatic carbocycles. The topological polar surface area (TPSA) is 97.5 Å². The summed E-state index contributed by atoms with van der Waals surface area (Å²) in [6, 6.07) is 18.4. The monoisotopic (exact) mass is 484 g/mol. The van der Waals surface area contributed by atoms with Gasteiger partial charge in [-0.1, -0.05) is 60.7 Å². The van der Waals surface area contributed by atoms with Gasteiger partial charge in [0.25, 0.3) is 5.91 Å². The standard InChI is InChI=1S/C25H33N4O4P/c1-18(2)29(19(3)4)34(32-16-21-12-8-6-9-13-21,33-17-22-14-10-7-11-15-22)23-20(5)27-28(24(23)30)25(26)31/h6-15,18-19H,16-17H2,1-5H3,(H2,26,31). The Labute approximate surface area is 201 Å². The van der Waals surface area contributed by atoms with Crippen LogP contribution in [0.3, 0.4) is 0 Å². The first-order valence-corrected chi connectivity index (χ1v) is 12.9. The van der Waals surface area contributed by atoms with Crippen LogP contribution in [0.15, 0.2) is 65.8 Å². The molecule has 9 heteroatoms. The highest BCUT2D eigenvalue weighted by Crippen LogP contribution is 2.59. The van der Waals surface area contributed by atoms with Crippen molar-refractivity contribution in [1.82, 2.24) is 9.68 Å². The number of hydrogen-bond acceptors (Lipinski definition) is 6. The first-order valence-electron chi connectivity index (χ1n) is 11.3. The van der Waals surface area contributed by atoms with Crippen molar-refractivity contribution < 1.29 is 18.6 Å². The smallest absolute Gasteiger partial charge is 0.342 e. The number of carbonyl (C=O) groups excluding carboxylic acids is 2. The maximum atomic E-state index is 13.5. The van der Waals surface area contributed by atoms with E-state index in [0.717, 1.165) is 11.1 Å². The molecule has 2 N–H and O–H groups in total. The molecule has 1 heterocycles. The Morgan fingerprint density at radius 1 is 0.941 bits per heavy atom. The molecule has 2 aromatic rings. The van der Waals surface area contributed by atoms with Crippen LogP contribution >= 0.6 is 7.49 Å². The van der Waals surface area contributed by atoms with Gasteiger partial charge in [-0.15, -0.1) is 5.01 Å². The van der Waals surface area contributed by atoms with Crippen molar-refractivity contribution in [3.8, 4) is 0 Å². The number of carbonyl (C=O) groups is 2. The molecule has 0 radical (unpaired) electrons. The molecular formula is C25H33N4O4P. The van der Waals surface area contributed by atoms with E-state index in [1.54, 1.807) is 6.92 Å². The lowest BCUT2D eigenvalue weighted by molar-refractivity contribution is -0.120. The highest BCUT2D eigenvalue weighted by molar-refractivity contribution is 7.69. The van der Waals surface area contributed by atoms with Gasteiger partial charge in [-0.3, -0.25) is 4.79 Å². The SMILES string of the molecule is CC1=NN(C(N)=O)C(=O)C1=P(OCc1ccccc1)(OCc1ccccc1)N(C(C)C)C(C)C. The number of nitrogens with zero attached hydrogens (tertiary/aromatic N) is 3. The van der Waals surface area contributed by atoms with Gasteiger partial charge in [0.15, 0.2) is 0 Å². The second-order valence-electron chi connectivity index (χ2n) is 8.60. The second kappa shape index (κ2) is 11.1. The maximum absolute atomic E-state index is 13.5. The maximum Gasteiger partial charge on any atom is 0.342 e. The quantitative estimate of drug-likeness (QED) is 0.517. The largest absolute Gasteiger partial charge is 0.350 e. The van der Waals surface area contributed by atoms with E-state index in [1.165, 1.54) is 0 Å². The zero-order valence-electron chi connectivity index (χ0n) is 20.3. The number of benzene rings is 2. The second-order valence-corrected chi connectivity index (χ2v) is 11.1. The molecule has 0 spiro atoms. The first kappa shape index (κ1) is 25.8. The van der Waals surface area contributed by atoms with Crippen LogP contribution in [-0.2, 0) is 27.1 Å². The van der Waals surface area contributed by atoms with Gasteiger partial charge in [-0.2, -0.15) is 5.10 Å². The lowest BCUT2D eigenvalue weighted by atomic mass is 10.2. The van der Waals surface area contributed by atoms with E-state index in [2.05, 4.69) is 9.77 Å². The van der Waals surface area contributed by atoms with Crippen molar-refractivity contribution >= 4 is 30.4 Å². The molecule has 0 aromatic heterocycles. The number of imide groups is 1. The van der Waals surface area contributed by atoms with E-state index >= 15 is 0 Å². The van der Waals surface area contributed by atoms with Gasteiger partial charge >= 0.3 is 6.03 Å². The van der Waals surface area contributed by atoms with Crippen LogP contribution in [0.5, 0.6) is 0 Å². The number of rotatable bonds is 9. The van der Waals surface area contributed by atoms with Crippen molar-refractivity contribution in [3.63, 3.8) is 0 Å². The Morgan fingerprint density at radius 2 is 1.38 bits per heavy atom. The van der Waals surface area contributed by atoms with Crippen molar-refractivity contribution in [2.75, 3.05) is 0 Å². The number of urea groups is 1. The van der Waals surface area contributed by atoms with E-state index in [1.807, 2.05) is 88.4 Å². The van der Waals surface area contributed by atoms with Crippen molar-refractivity contribution in [3.05, 3.63) is 71.8 Å². The van der Waals surface area contributed by atoms with Crippen molar-refractivity contribution in [1.29, 1.82) is 0 Å². The number of primary amides is 1. The molecule has 8 nitrogen and oxygen atoms in total. The molecular weight excluding hydrogens is 451 g/mol. The van der Waals surface area contributed by atoms with Crippen molar-refractivity contribution in [2.45, 2.75) is 59.9 Å². The molecule has 1 aliphatic heterocycles. The molecule has 3 amide bonds. The van der Waals surface area contributed by atoms with E-state index in [-0.39, 0.29) is 30.6 Å². The highest BCUT2D eigenvalue weighted by atomic mass is 31.2. The molecule has 34 heavy (non-hydrogen) atoms. The molecule has 3 rings (SSSR count). The van der Waals surface area contributed by atoms with Gasteiger partial charge in [0.05, 0.1) is 18.9 Å². The van der Waals surface area contributed by atoms with Gasteiger partial charge in [0.2, 0.25) is 7.49 Å². The van der Waals surface area contributed by atoms with E-state index in [0.29, 0.717) is 10.7 Å². The van der Waals surface area contributed by atoms with Crippen LogP contribution in [0.25, 0.3) is 0 Å². The lowest BCUT2D eigenvalue weighted by Gasteiger charge is -2.43. The summed E-state index contributed by atoms with van der Waals surface area (Å²) in [4.78, 5) is 25.4. The van der Waals surface area contributed by atoms with Gasteiger partial charge in [-0.25, -0.2) is 9.46 Å². The van der Waals surface area contributed by atoms with Crippen LogP contribution in [0.2, 0.25) is 0 Å².